The van der Waals surface area contributed by atoms with Crippen molar-refractivity contribution in [3.63, 3.8) is 0 Å². The van der Waals surface area contributed by atoms with Gasteiger partial charge < -0.3 is 20.3 Å². The minimum atomic E-state index is -4.64. The molecule has 2 aromatic heterocycles. The number of hydrogen-bond acceptors (Lipinski definition) is 9. The van der Waals surface area contributed by atoms with Gasteiger partial charge in [-0.05, 0) is 37.1 Å². The predicted molar refractivity (Wildman–Crippen MR) is 117 cm³/mol. The highest BCUT2D eigenvalue weighted by Gasteiger charge is 2.31. The highest BCUT2D eigenvalue weighted by atomic mass is 19.4. The van der Waals surface area contributed by atoms with Gasteiger partial charge in [0, 0.05) is 37.2 Å². The van der Waals surface area contributed by atoms with Gasteiger partial charge >= 0.3 is 18.4 Å². The van der Waals surface area contributed by atoms with Gasteiger partial charge in [0.25, 0.3) is 0 Å². The molecule has 36 heavy (non-hydrogen) atoms. The molecule has 0 radical (unpaired) electrons. The highest BCUT2D eigenvalue weighted by molar-refractivity contribution is 5.56. The summed E-state index contributed by atoms with van der Waals surface area (Å²) < 4.78 is 81.7. The maximum Gasteiger partial charge on any atom is 0.422 e. The van der Waals surface area contributed by atoms with Crippen LogP contribution in [-0.4, -0.2) is 56.8 Å². The molecule has 15 heteroatoms. The molecule has 1 aliphatic rings. The predicted octanol–water partition coefficient (Wildman–Crippen LogP) is 4.45. The van der Waals surface area contributed by atoms with E-state index in [0.29, 0.717) is 31.9 Å². The summed E-state index contributed by atoms with van der Waals surface area (Å²) in [5.41, 5.74) is -0.928. The van der Waals surface area contributed by atoms with Crippen LogP contribution in [0.2, 0.25) is 0 Å². The SMILES string of the molecule is FC(F)(F)COc1nc(Nc2cccc(C(F)(F)F)c2)nc(NC2CCN(c3ncccn3)CC2)n1. The van der Waals surface area contributed by atoms with E-state index in [1.54, 1.807) is 18.5 Å². The molecule has 192 valence electrons. The lowest BCUT2D eigenvalue weighted by atomic mass is 10.1. The van der Waals surface area contributed by atoms with Crippen molar-refractivity contribution in [3.05, 3.63) is 48.3 Å². The molecule has 0 bridgehead atoms. The quantitative estimate of drug-likeness (QED) is 0.443. The molecule has 0 saturated carbocycles. The maximum absolute atomic E-state index is 13.0. The van der Waals surface area contributed by atoms with E-state index in [1.165, 1.54) is 12.1 Å². The number of nitrogens with zero attached hydrogens (tertiary/aromatic N) is 6. The highest BCUT2D eigenvalue weighted by Crippen LogP contribution is 2.31. The summed E-state index contributed by atoms with van der Waals surface area (Å²) in [6, 6.07) is 5.17. The second-order valence-corrected chi connectivity index (χ2v) is 7.83. The first-order valence-corrected chi connectivity index (χ1v) is 10.7. The lowest BCUT2D eigenvalue weighted by molar-refractivity contribution is -0.154. The van der Waals surface area contributed by atoms with E-state index in [0.717, 1.165) is 12.1 Å². The van der Waals surface area contributed by atoms with Crippen LogP contribution in [0.1, 0.15) is 18.4 Å². The molecule has 1 aliphatic heterocycles. The van der Waals surface area contributed by atoms with Crippen molar-refractivity contribution in [2.45, 2.75) is 31.2 Å². The van der Waals surface area contributed by atoms with Crippen molar-refractivity contribution >= 4 is 23.5 Å². The summed E-state index contributed by atoms with van der Waals surface area (Å²) in [6.07, 6.45) is -4.69. The van der Waals surface area contributed by atoms with Crippen LogP contribution in [0.5, 0.6) is 6.01 Å². The average molecular weight is 514 g/mol. The first-order valence-electron chi connectivity index (χ1n) is 10.7. The van der Waals surface area contributed by atoms with E-state index in [1.807, 2.05) is 4.90 Å². The Kier molecular flexibility index (Phi) is 7.26. The minimum absolute atomic E-state index is 0.0140. The molecular formula is C21H20F6N8O. The largest absolute Gasteiger partial charge is 0.454 e. The zero-order valence-electron chi connectivity index (χ0n) is 18.5. The van der Waals surface area contributed by atoms with Crippen molar-refractivity contribution < 1.29 is 31.1 Å². The first kappa shape index (κ1) is 25.2. The Labute approximate surface area is 201 Å². The number of ether oxygens (including phenoxy) is 1. The van der Waals surface area contributed by atoms with Crippen molar-refractivity contribution in [2.75, 3.05) is 35.2 Å². The molecule has 0 unspecified atom stereocenters. The standard InChI is InChI=1S/C21H20F6N8O/c22-20(23,24)12-36-19-33-16(30-14-5-9-35(10-6-14)18-28-7-2-8-29-18)32-17(34-19)31-15-4-1-3-13(11-15)21(25,26)27/h1-4,7-8,11,14H,5-6,9-10,12H2,(H2,30,31,32,33,34). The zero-order chi connectivity index (χ0) is 25.8. The van der Waals surface area contributed by atoms with Crippen LogP contribution >= 0.6 is 0 Å². The summed E-state index contributed by atoms with van der Waals surface area (Å²) in [5, 5.41) is 5.61. The molecule has 1 fully saturated rings. The number of alkyl halides is 6. The molecule has 4 rings (SSSR count). The van der Waals surface area contributed by atoms with E-state index in [9.17, 15) is 26.3 Å². The van der Waals surface area contributed by atoms with Gasteiger partial charge in [0.15, 0.2) is 6.61 Å². The van der Waals surface area contributed by atoms with Crippen molar-refractivity contribution in [1.82, 2.24) is 24.9 Å². The third-order valence-corrected chi connectivity index (χ3v) is 5.09. The van der Waals surface area contributed by atoms with Crippen LogP contribution in [0.15, 0.2) is 42.7 Å². The summed E-state index contributed by atoms with van der Waals surface area (Å²) in [5.74, 6) is 0.233. The Balaban J connectivity index is 1.49. The first-order chi connectivity index (χ1) is 17.0. The van der Waals surface area contributed by atoms with Crippen LogP contribution in [-0.2, 0) is 6.18 Å². The molecule has 0 aliphatic carbocycles. The number of hydrogen-bond donors (Lipinski definition) is 2. The molecule has 9 nitrogen and oxygen atoms in total. The van der Waals surface area contributed by atoms with E-state index in [2.05, 4.69) is 40.3 Å². The van der Waals surface area contributed by atoms with Crippen molar-refractivity contribution in [3.8, 4) is 6.01 Å². The van der Waals surface area contributed by atoms with Crippen LogP contribution < -0.4 is 20.3 Å². The van der Waals surface area contributed by atoms with Gasteiger partial charge in [-0.1, -0.05) is 6.07 Å². The molecule has 0 amide bonds. The van der Waals surface area contributed by atoms with Gasteiger partial charge in [-0.3, -0.25) is 0 Å². The number of aromatic nitrogens is 5. The molecule has 3 aromatic rings. The maximum atomic E-state index is 13.0. The molecule has 0 atom stereocenters. The minimum Gasteiger partial charge on any atom is -0.454 e. The van der Waals surface area contributed by atoms with Crippen molar-refractivity contribution in [1.29, 1.82) is 0 Å². The lowest BCUT2D eigenvalue weighted by Gasteiger charge is -2.32. The lowest BCUT2D eigenvalue weighted by Crippen LogP contribution is -2.40. The molecule has 2 N–H and O–H groups in total. The van der Waals surface area contributed by atoms with Crippen LogP contribution in [0.25, 0.3) is 0 Å². The molecule has 0 spiro atoms. The normalized spacial score (nSPS) is 15.0. The van der Waals surface area contributed by atoms with Gasteiger partial charge in [0.1, 0.15) is 0 Å². The summed E-state index contributed by atoms with van der Waals surface area (Å²) in [7, 11) is 0. The van der Waals surface area contributed by atoms with Gasteiger partial charge in [-0.25, -0.2) is 9.97 Å². The summed E-state index contributed by atoms with van der Waals surface area (Å²) >= 11 is 0. The molecular weight excluding hydrogens is 494 g/mol. The third-order valence-electron chi connectivity index (χ3n) is 5.09. The zero-order valence-corrected chi connectivity index (χ0v) is 18.5. The van der Waals surface area contributed by atoms with Gasteiger partial charge in [-0.15, -0.1) is 0 Å². The fraction of sp³-hybridized carbons (Fsp3) is 0.381. The topological polar surface area (TPSA) is 101 Å². The Morgan fingerprint density at radius 1 is 0.917 bits per heavy atom. The Morgan fingerprint density at radius 2 is 1.61 bits per heavy atom. The smallest absolute Gasteiger partial charge is 0.422 e. The van der Waals surface area contributed by atoms with E-state index in [-0.39, 0.29) is 23.6 Å². The number of anilines is 4. The third kappa shape index (κ3) is 7.05. The summed E-state index contributed by atoms with van der Waals surface area (Å²) in [6.45, 7) is -0.423. The van der Waals surface area contributed by atoms with Crippen LogP contribution in [0.4, 0.5) is 49.9 Å². The van der Waals surface area contributed by atoms with Gasteiger partial charge in [-0.2, -0.15) is 41.3 Å². The Hall–Kier alpha value is -3.91. The summed E-state index contributed by atoms with van der Waals surface area (Å²) in [4.78, 5) is 22.2. The second-order valence-electron chi connectivity index (χ2n) is 7.83. The van der Waals surface area contributed by atoms with Crippen molar-refractivity contribution in [2.24, 2.45) is 0 Å². The molecule has 3 heterocycles. The number of halogens is 6. The number of piperidine rings is 1. The number of rotatable bonds is 7. The Morgan fingerprint density at radius 3 is 2.28 bits per heavy atom. The van der Waals surface area contributed by atoms with E-state index >= 15 is 0 Å². The second kappa shape index (κ2) is 10.4. The van der Waals surface area contributed by atoms with Crippen LogP contribution in [0.3, 0.4) is 0 Å². The van der Waals surface area contributed by atoms with Gasteiger partial charge in [0.05, 0.1) is 5.56 Å². The number of benzene rings is 1. The molecule has 1 saturated heterocycles. The molecule has 1 aromatic carbocycles. The van der Waals surface area contributed by atoms with E-state index < -0.39 is 30.5 Å². The van der Waals surface area contributed by atoms with Crippen LogP contribution in [0, 0.1) is 0 Å². The number of nitrogens with one attached hydrogen (secondary N) is 2. The van der Waals surface area contributed by atoms with Gasteiger partial charge in [0.2, 0.25) is 17.8 Å². The Bertz CT molecular complexity index is 1150. The fourth-order valence-electron chi connectivity index (χ4n) is 3.45. The van der Waals surface area contributed by atoms with E-state index in [4.69, 9.17) is 0 Å². The fourth-order valence-corrected chi connectivity index (χ4v) is 3.45. The average Bonchev–Trinajstić information content (AvgIpc) is 2.83. The monoisotopic (exact) mass is 514 g/mol.